The first-order valence-electron chi connectivity index (χ1n) is 22.4. The van der Waals surface area contributed by atoms with Crippen LogP contribution >= 0.6 is 0 Å². The fraction of sp³-hybridized carbons (Fsp3) is 0. The third kappa shape index (κ3) is 6.14. The van der Waals surface area contributed by atoms with Crippen molar-refractivity contribution in [2.24, 2.45) is 0 Å². The third-order valence-electron chi connectivity index (χ3n) is 10.0. The first kappa shape index (κ1) is 25.6. The SMILES string of the molecule is [2H]c1c([2H])c(N(c2cccc(-c3ccccc3)c2-c2ccccc2-c2ccccc2)c2c([2H])c([2H])c(-c3ccc4oc5ccccc5c4c3)c([2H])c2[2H])c([2H])c([2H])c1-c1ccccc1. The maximum atomic E-state index is 9.84. The van der Waals surface area contributed by atoms with Gasteiger partial charge in [0.05, 0.1) is 16.7 Å². The van der Waals surface area contributed by atoms with Gasteiger partial charge in [0.2, 0.25) is 0 Å². The number of para-hydroxylation sites is 1. The van der Waals surface area contributed by atoms with Gasteiger partial charge in [0.15, 0.2) is 0 Å². The number of anilines is 3. The average molecular weight is 724 g/mol. The Hall–Kier alpha value is -7.42. The van der Waals surface area contributed by atoms with Gasteiger partial charge in [0.25, 0.3) is 0 Å². The summed E-state index contributed by atoms with van der Waals surface area (Å²) in [4.78, 5) is 1.41. The number of furan rings is 1. The second-order valence-corrected chi connectivity index (χ2v) is 13.4. The van der Waals surface area contributed by atoms with Crippen LogP contribution in [-0.4, -0.2) is 0 Å². The molecule has 1 heterocycles. The van der Waals surface area contributed by atoms with E-state index in [-0.39, 0.29) is 46.7 Å². The number of hydrogen-bond donors (Lipinski definition) is 0. The maximum Gasteiger partial charge on any atom is 0.135 e. The molecule has 0 fully saturated rings. The number of hydrogen-bond acceptors (Lipinski definition) is 2. The van der Waals surface area contributed by atoms with Crippen LogP contribution in [0.25, 0.3) is 77.6 Å². The fourth-order valence-corrected chi connectivity index (χ4v) is 7.40. The highest BCUT2D eigenvalue weighted by atomic mass is 16.3. The highest BCUT2D eigenvalue weighted by molar-refractivity contribution is 6.06. The molecule has 0 unspecified atom stereocenters. The Labute approximate surface area is 338 Å². The summed E-state index contributed by atoms with van der Waals surface area (Å²) in [7, 11) is 0. The monoisotopic (exact) mass is 723 g/mol. The predicted molar refractivity (Wildman–Crippen MR) is 236 cm³/mol. The zero-order chi connectivity index (χ0) is 44.2. The van der Waals surface area contributed by atoms with E-state index >= 15 is 0 Å². The predicted octanol–water partition coefficient (Wildman–Crippen LogP) is 15.4. The first-order valence-corrected chi connectivity index (χ1v) is 18.4. The quantitative estimate of drug-likeness (QED) is 0.155. The first-order chi connectivity index (χ1) is 31.1. The van der Waals surface area contributed by atoms with Crippen molar-refractivity contribution < 1.29 is 15.4 Å². The Bertz CT molecular complexity index is 3370. The molecule has 56 heavy (non-hydrogen) atoms. The van der Waals surface area contributed by atoms with Crippen LogP contribution in [0.5, 0.6) is 0 Å². The molecule has 0 saturated carbocycles. The molecule has 264 valence electrons. The highest BCUT2D eigenvalue weighted by Gasteiger charge is 2.23. The van der Waals surface area contributed by atoms with E-state index in [1.807, 2.05) is 133 Å². The van der Waals surface area contributed by atoms with Crippen molar-refractivity contribution in [1.82, 2.24) is 0 Å². The normalized spacial score (nSPS) is 13.2. The molecule has 9 aromatic carbocycles. The molecule has 1 aromatic heterocycles. The number of nitrogens with zero attached hydrogens (tertiary/aromatic N) is 1. The number of rotatable bonds is 8. The Kier molecular flexibility index (Phi) is 6.59. The molecule has 0 atom stereocenters. The molecule has 0 bridgehead atoms. The molecule has 0 aliphatic carbocycles. The zero-order valence-electron chi connectivity index (χ0n) is 38.1. The van der Waals surface area contributed by atoms with Crippen LogP contribution in [0.3, 0.4) is 0 Å². The fourth-order valence-electron chi connectivity index (χ4n) is 7.40. The maximum absolute atomic E-state index is 9.84. The van der Waals surface area contributed by atoms with Crippen LogP contribution in [-0.2, 0) is 0 Å². The molecule has 10 rings (SSSR count). The van der Waals surface area contributed by atoms with Crippen molar-refractivity contribution in [2.45, 2.75) is 0 Å². The summed E-state index contributed by atoms with van der Waals surface area (Å²) < 4.78 is 83.3. The summed E-state index contributed by atoms with van der Waals surface area (Å²) >= 11 is 0. The van der Waals surface area contributed by atoms with Gasteiger partial charge in [-0.15, -0.1) is 0 Å². The van der Waals surface area contributed by atoms with E-state index in [4.69, 9.17) is 4.42 Å². The van der Waals surface area contributed by atoms with Gasteiger partial charge >= 0.3 is 0 Å². The van der Waals surface area contributed by atoms with Gasteiger partial charge in [-0.2, -0.15) is 0 Å². The van der Waals surface area contributed by atoms with Crippen molar-refractivity contribution >= 4 is 39.0 Å². The van der Waals surface area contributed by atoms with Crippen molar-refractivity contribution in [2.75, 3.05) is 4.90 Å². The van der Waals surface area contributed by atoms with Crippen LogP contribution in [0, 0.1) is 0 Å². The van der Waals surface area contributed by atoms with E-state index in [1.165, 1.54) is 4.90 Å². The lowest BCUT2D eigenvalue weighted by Gasteiger charge is -2.30. The molecule has 0 amide bonds. The Morgan fingerprint density at radius 2 is 0.839 bits per heavy atom. The van der Waals surface area contributed by atoms with Gasteiger partial charge in [-0.25, -0.2) is 0 Å². The summed E-state index contributed by atoms with van der Waals surface area (Å²) in [5, 5.41) is 1.61. The lowest BCUT2D eigenvalue weighted by Crippen LogP contribution is -2.12. The highest BCUT2D eigenvalue weighted by Crippen LogP contribution is 2.48. The molecule has 2 heteroatoms. The molecule has 0 N–H and O–H groups in total. The molecular formula is C54H37NO. The Balaban J connectivity index is 1.31. The molecule has 0 aliphatic rings. The minimum atomic E-state index is -0.426. The van der Waals surface area contributed by atoms with E-state index in [0.29, 0.717) is 33.5 Å². The number of fused-ring (bicyclic) bond motifs is 3. The number of benzene rings is 9. The summed E-state index contributed by atoms with van der Waals surface area (Å²) in [5.74, 6) is 0. The second kappa shape index (κ2) is 14.4. The van der Waals surface area contributed by atoms with Gasteiger partial charge in [-0.3, -0.25) is 0 Å². The largest absolute Gasteiger partial charge is 0.456 e. The Morgan fingerprint density at radius 1 is 0.339 bits per heavy atom. The zero-order valence-corrected chi connectivity index (χ0v) is 30.1. The van der Waals surface area contributed by atoms with Crippen LogP contribution < -0.4 is 4.90 Å². The minimum absolute atomic E-state index is 0.0672. The summed E-state index contributed by atoms with van der Waals surface area (Å²) in [5.41, 5.74) is 7.07. The lowest BCUT2D eigenvalue weighted by atomic mass is 9.87. The summed E-state index contributed by atoms with van der Waals surface area (Å²) in [6.45, 7) is 0. The summed E-state index contributed by atoms with van der Waals surface area (Å²) in [6.07, 6.45) is 0. The minimum Gasteiger partial charge on any atom is -0.456 e. The topological polar surface area (TPSA) is 16.4 Å². The average Bonchev–Trinajstić information content (AvgIpc) is 3.71. The smallest absolute Gasteiger partial charge is 0.135 e. The van der Waals surface area contributed by atoms with Crippen molar-refractivity contribution in [1.29, 1.82) is 0 Å². The van der Waals surface area contributed by atoms with E-state index in [0.717, 1.165) is 38.6 Å². The van der Waals surface area contributed by atoms with Crippen molar-refractivity contribution in [3.8, 4) is 55.6 Å². The molecule has 10 aromatic rings. The molecule has 0 spiro atoms. The lowest BCUT2D eigenvalue weighted by molar-refractivity contribution is 0.669. The van der Waals surface area contributed by atoms with Crippen molar-refractivity contribution in [3.63, 3.8) is 0 Å². The van der Waals surface area contributed by atoms with Crippen LogP contribution in [0.2, 0.25) is 0 Å². The van der Waals surface area contributed by atoms with E-state index in [1.54, 1.807) is 42.5 Å². The van der Waals surface area contributed by atoms with Gasteiger partial charge in [-0.1, -0.05) is 176 Å². The molecule has 0 saturated heterocycles. The molecule has 0 radical (unpaired) electrons. The van der Waals surface area contributed by atoms with Crippen LogP contribution in [0.15, 0.2) is 229 Å². The standard InChI is InChI=1S/C54H37NO/c1-4-15-38(16-5-1)39-27-32-44(33-28-39)55(45-34-29-40(30-35-45)43-31-36-53-50(37-43)48-22-12-13-26-52(48)56-53)51-25-14-24-47(42-19-8-3-9-20-42)54(51)49-23-11-10-21-46(49)41-17-6-2-7-18-41/h1-37H/i27D,28D,29D,30D,32D,33D,34D,35D. The van der Waals surface area contributed by atoms with Gasteiger partial charge in [0, 0.05) is 27.7 Å². The van der Waals surface area contributed by atoms with Crippen LogP contribution in [0.1, 0.15) is 11.0 Å². The van der Waals surface area contributed by atoms with Gasteiger partial charge in [0.1, 0.15) is 11.2 Å². The van der Waals surface area contributed by atoms with E-state index in [2.05, 4.69) is 0 Å². The van der Waals surface area contributed by atoms with Gasteiger partial charge in [-0.05, 0) is 98.5 Å². The van der Waals surface area contributed by atoms with Crippen molar-refractivity contribution in [3.05, 3.63) is 224 Å². The van der Waals surface area contributed by atoms with E-state index < -0.39 is 24.2 Å². The molecule has 0 aliphatic heterocycles. The summed E-state index contributed by atoms with van der Waals surface area (Å²) in [6, 6.07) is 51.8. The van der Waals surface area contributed by atoms with Gasteiger partial charge < -0.3 is 9.32 Å². The van der Waals surface area contributed by atoms with Crippen LogP contribution in [0.4, 0.5) is 17.1 Å². The third-order valence-corrected chi connectivity index (χ3v) is 10.0. The van der Waals surface area contributed by atoms with E-state index in [9.17, 15) is 11.0 Å². The Morgan fingerprint density at radius 3 is 1.50 bits per heavy atom. The molecule has 2 nitrogen and oxygen atoms in total. The second-order valence-electron chi connectivity index (χ2n) is 13.4. The molecular weight excluding hydrogens is 679 g/mol.